The second kappa shape index (κ2) is 6.26. The summed E-state index contributed by atoms with van der Waals surface area (Å²) in [7, 11) is 1.58. The van der Waals surface area contributed by atoms with Crippen LogP contribution in [0, 0.1) is 0 Å². The molecule has 0 fully saturated rings. The van der Waals surface area contributed by atoms with Crippen molar-refractivity contribution in [1.29, 1.82) is 0 Å². The predicted molar refractivity (Wildman–Crippen MR) is 93.0 cm³/mol. The summed E-state index contributed by atoms with van der Waals surface area (Å²) in [6.07, 6.45) is 1.76. The number of amides is 1. The zero-order valence-corrected chi connectivity index (χ0v) is 13.5. The van der Waals surface area contributed by atoms with Crippen molar-refractivity contribution in [2.45, 2.75) is 6.92 Å². The van der Waals surface area contributed by atoms with Gasteiger partial charge in [-0.2, -0.15) is 10.1 Å². The molecule has 116 valence electrons. The first kappa shape index (κ1) is 15.3. The lowest BCUT2D eigenvalue weighted by Gasteiger charge is -2.11. The molecule has 0 saturated carbocycles. The van der Waals surface area contributed by atoms with Crippen LogP contribution in [0.4, 0.5) is 5.69 Å². The van der Waals surface area contributed by atoms with E-state index in [1.807, 2.05) is 37.3 Å². The van der Waals surface area contributed by atoms with Crippen LogP contribution in [0.5, 0.6) is 5.75 Å². The number of hydrogen-bond donors (Lipinski definition) is 0. The van der Waals surface area contributed by atoms with Crippen LogP contribution in [0.25, 0.3) is 6.08 Å². The lowest BCUT2D eigenvalue weighted by molar-refractivity contribution is -0.114. The van der Waals surface area contributed by atoms with Crippen LogP contribution in [-0.2, 0) is 4.79 Å². The SMILES string of the molecule is COc1ccc(Cl)cc1C=C1C(=O)N(c2ccccc2)N=C1C. The van der Waals surface area contributed by atoms with Crippen molar-refractivity contribution in [2.75, 3.05) is 12.1 Å². The molecule has 0 aliphatic carbocycles. The number of anilines is 1. The van der Waals surface area contributed by atoms with Crippen LogP contribution in [-0.4, -0.2) is 18.7 Å². The van der Waals surface area contributed by atoms with Gasteiger partial charge in [-0.25, -0.2) is 0 Å². The summed E-state index contributed by atoms with van der Waals surface area (Å²) in [5.74, 6) is 0.483. The number of rotatable bonds is 3. The number of halogens is 1. The standard InChI is InChI=1S/C18H15ClN2O2/c1-12-16(11-13-10-14(19)8-9-17(13)23-2)18(22)21(20-12)15-6-4-3-5-7-15/h3-11H,1-2H3. The van der Waals surface area contributed by atoms with Crippen LogP contribution in [0.2, 0.25) is 5.02 Å². The van der Waals surface area contributed by atoms with E-state index in [0.29, 0.717) is 22.1 Å². The van der Waals surface area contributed by atoms with E-state index in [2.05, 4.69) is 5.10 Å². The van der Waals surface area contributed by atoms with Crippen LogP contribution in [0.1, 0.15) is 12.5 Å². The number of carbonyl (C=O) groups is 1. The molecule has 1 aliphatic heterocycles. The molecule has 5 heteroatoms. The molecule has 0 unspecified atom stereocenters. The number of para-hydroxylation sites is 1. The van der Waals surface area contributed by atoms with Crippen molar-refractivity contribution >= 4 is 35.0 Å². The molecule has 3 rings (SSSR count). The minimum absolute atomic E-state index is 0.171. The van der Waals surface area contributed by atoms with Crippen LogP contribution in [0.3, 0.4) is 0 Å². The molecule has 23 heavy (non-hydrogen) atoms. The third-order valence-corrected chi connectivity index (χ3v) is 3.79. The first-order valence-corrected chi connectivity index (χ1v) is 7.48. The first-order valence-electron chi connectivity index (χ1n) is 7.10. The maximum absolute atomic E-state index is 12.7. The molecule has 1 amide bonds. The number of ether oxygens (including phenoxy) is 1. The van der Waals surface area contributed by atoms with Gasteiger partial charge in [0.1, 0.15) is 5.75 Å². The highest BCUT2D eigenvalue weighted by molar-refractivity contribution is 6.33. The molecule has 2 aromatic carbocycles. The summed E-state index contributed by atoms with van der Waals surface area (Å²) >= 11 is 6.05. The molecule has 0 spiro atoms. The van der Waals surface area contributed by atoms with Crippen molar-refractivity contribution in [3.8, 4) is 5.75 Å². The number of hydrogen-bond acceptors (Lipinski definition) is 3. The number of methoxy groups -OCH3 is 1. The summed E-state index contributed by atoms with van der Waals surface area (Å²) in [4.78, 5) is 12.7. The van der Waals surface area contributed by atoms with E-state index in [9.17, 15) is 4.79 Å². The van der Waals surface area contributed by atoms with Gasteiger partial charge < -0.3 is 4.74 Å². The smallest absolute Gasteiger partial charge is 0.280 e. The monoisotopic (exact) mass is 326 g/mol. The maximum Gasteiger partial charge on any atom is 0.280 e. The molecule has 4 nitrogen and oxygen atoms in total. The fraction of sp³-hybridized carbons (Fsp3) is 0.111. The van der Waals surface area contributed by atoms with E-state index < -0.39 is 0 Å². The second-order valence-electron chi connectivity index (χ2n) is 5.08. The first-order chi connectivity index (χ1) is 11.1. The van der Waals surface area contributed by atoms with E-state index in [1.54, 1.807) is 31.4 Å². The highest BCUT2D eigenvalue weighted by Gasteiger charge is 2.28. The predicted octanol–water partition coefficient (Wildman–Crippen LogP) is 4.15. The molecule has 2 aromatic rings. The van der Waals surface area contributed by atoms with Gasteiger partial charge in [0.05, 0.1) is 24.1 Å². The quantitative estimate of drug-likeness (QED) is 0.795. The van der Waals surface area contributed by atoms with E-state index in [0.717, 1.165) is 11.3 Å². The molecule has 0 radical (unpaired) electrons. The third-order valence-electron chi connectivity index (χ3n) is 3.55. The van der Waals surface area contributed by atoms with Crippen molar-refractivity contribution < 1.29 is 9.53 Å². The molecule has 0 aromatic heterocycles. The Balaban J connectivity index is 2.00. The number of hydrazone groups is 1. The summed E-state index contributed by atoms with van der Waals surface area (Å²) < 4.78 is 5.32. The molecule has 0 saturated heterocycles. The van der Waals surface area contributed by atoms with Gasteiger partial charge >= 0.3 is 0 Å². The Kier molecular flexibility index (Phi) is 4.17. The van der Waals surface area contributed by atoms with Crippen LogP contribution in [0.15, 0.2) is 59.2 Å². The fourth-order valence-electron chi connectivity index (χ4n) is 2.40. The Morgan fingerprint density at radius 3 is 2.61 bits per heavy atom. The van der Waals surface area contributed by atoms with Crippen LogP contribution < -0.4 is 9.75 Å². The summed E-state index contributed by atoms with van der Waals surface area (Å²) in [6.45, 7) is 1.81. The largest absolute Gasteiger partial charge is 0.496 e. The molecule has 0 atom stereocenters. The topological polar surface area (TPSA) is 41.9 Å². The highest BCUT2D eigenvalue weighted by Crippen LogP contribution is 2.29. The van der Waals surface area contributed by atoms with Gasteiger partial charge in [-0.05, 0) is 43.3 Å². The summed E-state index contributed by atoms with van der Waals surface area (Å²) in [6, 6.07) is 14.6. The molecule has 0 N–H and O–H groups in total. The molecule has 1 aliphatic rings. The second-order valence-corrected chi connectivity index (χ2v) is 5.52. The lowest BCUT2D eigenvalue weighted by atomic mass is 10.1. The number of nitrogens with zero attached hydrogens (tertiary/aromatic N) is 2. The van der Waals surface area contributed by atoms with E-state index >= 15 is 0 Å². The Morgan fingerprint density at radius 2 is 1.91 bits per heavy atom. The molecular weight excluding hydrogens is 312 g/mol. The zero-order chi connectivity index (χ0) is 16.4. The van der Waals surface area contributed by atoms with Gasteiger partial charge in [0.15, 0.2) is 0 Å². The third kappa shape index (κ3) is 2.98. The molecule has 1 heterocycles. The Hall–Kier alpha value is -2.59. The van der Waals surface area contributed by atoms with Gasteiger partial charge in [0, 0.05) is 10.6 Å². The van der Waals surface area contributed by atoms with E-state index in [1.165, 1.54) is 5.01 Å². The zero-order valence-electron chi connectivity index (χ0n) is 12.8. The lowest BCUT2D eigenvalue weighted by Crippen LogP contribution is -2.21. The summed E-state index contributed by atoms with van der Waals surface area (Å²) in [5.41, 5.74) is 2.65. The molecular formula is C18H15ClN2O2. The maximum atomic E-state index is 12.7. The molecule has 0 bridgehead atoms. The summed E-state index contributed by atoms with van der Waals surface area (Å²) in [5, 5.41) is 6.34. The van der Waals surface area contributed by atoms with Gasteiger partial charge in [0.2, 0.25) is 0 Å². The van der Waals surface area contributed by atoms with E-state index in [-0.39, 0.29) is 5.91 Å². The highest BCUT2D eigenvalue weighted by atomic mass is 35.5. The Labute approximate surface area is 139 Å². The Morgan fingerprint density at radius 1 is 1.17 bits per heavy atom. The average molecular weight is 327 g/mol. The van der Waals surface area contributed by atoms with Crippen molar-refractivity contribution in [3.05, 3.63) is 64.7 Å². The van der Waals surface area contributed by atoms with Crippen molar-refractivity contribution in [1.82, 2.24) is 0 Å². The number of benzene rings is 2. The Bertz CT molecular complexity index is 813. The average Bonchev–Trinajstić information content (AvgIpc) is 2.84. The minimum Gasteiger partial charge on any atom is -0.496 e. The van der Waals surface area contributed by atoms with Gasteiger partial charge in [0.25, 0.3) is 5.91 Å². The van der Waals surface area contributed by atoms with Crippen LogP contribution >= 0.6 is 11.6 Å². The van der Waals surface area contributed by atoms with Gasteiger partial charge in [-0.1, -0.05) is 29.8 Å². The van der Waals surface area contributed by atoms with Gasteiger partial charge in [-0.15, -0.1) is 0 Å². The van der Waals surface area contributed by atoms with Crippen molar-refractivity contribution in [2.24, 2.45) is 5.10 Å². The van der Waals surface area contributed by atoms with E-state index in [4.69, 9.17) is 16.3 Å². The number of carbonyl (C=O) groups excluding carboxylic acids is 1. The fourth-order valence-corrected chi connectivity index (χ4v) is 2.58. The van der Waals surface area contributed by atoms with Gasteiger partial charge in [-0.3, -0.25) is 4.79 Å². The van der Waals surface area contributed by atoms with Crippen molar-refractivity contribution in [3.63, 3.8) is 0 Å². The minimum atomic E-state index is -0.171. The normalized spacial score (nSPS) is 16.0.